The maximum Gasteiger partial charge on any atom is 0.410 e. The van der Waals surface area contributed by atoms with E-state index in [-0.39, 0.29) is 23.7 Å². The molecular weight excluding hydrogens is 434 g/mol. The Kier molecular flexibility index (Phi) is 5.59. The fourth-order valence-electron chi connectivity index (χ4n) is 3.56. The number of nitrogens with zero attached hydrogens (tertiary/aromatic N) is 4. The number of ether oxygens (including phenoxy) is 2. The Hall–Kier alpha value is -1.59. The summed E-state index contributed by atoms with van der Waals surface area (Å²) < 4.78 is 31.5. The number of carbonyl (C=O) groups is 1. The lowest BCUT2D eigenvalue weighted by molar-refractivity contribution is 0.0121. The van der Waals surface area contributed by atoms with Gasteiger partial charge in [0.25, 0.3) is 0 Å². The number of nitrogens with two attached hydrogens (primary N) is 1. The maximum absolute atomic E-state index is 13.5. The van der Waals surface area contributed by atoms with Gasteiger partial charge in [0.05, 0.1) is 18.3 Å². The van der Waals surface area contributed by atoms with Gasteiger partial charge in [0, 0.05) is 13.0 Å². The van der Waals surface area contributed by atoms with Gasteiger partial charge in [-0.05, 0) is 45.3 Å². The number of likely N-dealkylation sites (N-methyl/N-ethyl adjacent to an activating group) is 1. The molecule has 2 N–H and O–H groups in total. The van der Waals surface area contributed by atoms with Gasteiger partial charge in [0.2, 0.25) is 5.88 Å². The Morgan fingerprint density at radius 3 is 2.55 bits per heavy atom. The van der Waals surface area contributed by atoms with Crippen molar-refractivity contribution in [2.45, 2.75) is 88.7 Å². The molecule has 2 unspecified atom stereocenters. The molecule has 1 fully saturated rings. The number of rotatable bonds is 3. The first-order valence-electron chi connectivity index (χ1n) is 10.6. The van der Waals surface area contributed by atoms with Crippen LogP contribution < -0.4 is 9.88 Å². The number of aromatic nitrogens is 2. The molecule has 9 nitrogen and oxygen atoms in total. The summed E-state index contributed by atoms with van der Waals surface area (Å²) in [7, 11) is -3.70. The summed E-state index contributed by atoms with van der Waals surface area (Å²) in [4.78, 5) is 14.6. The molecule has 1 aliphatic heterocycles. The quantitative estimate of drug-likeness (QED) is 0.677. The summed E-state index contributed by atoms with van der Waals surface area (Å²) in [5.41, 5.74) is -1.04. The first-order chi connectivity index (χ1) is 13.9. The highest BCUT2D eigenvalue weighted by Crippen LogP contribution is 2.52. The standard InChI is InChI=1S/C20H37N5O4SSi/c1-18(2,3)29-17(26)24(7)20-10-14(20)12-25-16(28-13-20)15(11-22-25)30(21,27)23-31(8,9)19(4,5)6/h11,14H,10,12-13H2,1-9H3,(H2,21,23,27)/t14?,20-,30?/m1/s1. The van der Waals surface area contributed by atoms with Gasteiger partial charge in [0.1, 0.15) is 27.0 Å². The third-order valence-electron chi connectivity index (χ3n) is 6.66. The SMILES string of the molecule is CN(C(=O)OC(C)(C)C)[C@]12COc3c(S(N)(=O)=N[Si](C)(C)C(C)(C)C)cnn3CC1C2. The van der Waals surface area contributed by atoms with E-state index in [1.165, 1.54) is 6.20 Å². The van der Waals surface area contributed by atoms with Crippen LogP contribution >= 0.6 is 0 Å². The molecule has 0 bridgehead atoms. The first kappa shape index (κ1) is 24.1. The van der Waals surface area contributed by atoms with E-state index in [1.807, 2.05) is 20.8 Å². The molecule has 0 saturated heterocycles. The number of hydrogen-bond acceptors (Lipinski definition) is 6. The summed E-state index contributed by atoms with van der Waals surface area (Å²) >= 11 is 0. The lowest BCUT2D eigenvalue weighted by Gasteiger charge is -2.32. The van der Waals surface area contributed by atoms with Crippen LogP contribution in [0.4, 0.5) is 4.79 Å². The van der Waals surface area contributed by atoms with Crippen LogP contribution in [0.15, 0.2) is 15.1 Å². The summed E-state index contributed by atoms with van der Waals surface area (Å²) in [6, 6.07) is 0. The smallest absolute Gasteiger partial charge is 0.410 e. The van der Waals surface area contributed by atoms with Crippen LogP contribution in [-0.4, -0.2) is 58.0 Å². The molecule has 31 heavy (non-hydrogen) atoms. The van der Waals surface area contributed by atoms with Gasteiger partial charge in [-0.15, -0.1) is 0 Å². The molecular formula is C20H37N5O4SSi. The van der Waals surface area contributed by atoms with Crippen molar-refractivity contribution in [1.29, 1.82) is 0 Å². The normalized spacial score (nSPS) is 25.3. The summed E-state index contributed by atoms with van der Waals surface area (Å²) in [6.45, 7) is 16.7. The van der Waals surface area contributed by atoms with E-state index in [0.717, 1.165) is 6.42 Å². The lowest BCUT2D eigenvalue weighted by atomic mass is 10.2. The van der Waals surface area contributed by atoms with E-state index in [4.69, 9.17) is 14.6 Å². The minimum absolute atomic E-state index is 0.0954. The van der Waals surface area contributed by atoms with Gasteiger partial charge in [-0.2, -0.15) is 5.10 Å². The van der Waals surface area contributed by atoms with Crippen molar-refractivity contribution < 1.29 is 18.5 Å². The lowest BCUT2D eigenvalue weighted by Crippen LogP contribution is -2.46. The van der Waals surface area contributed by atoms with Gasteiger partial charge in [-0.25, -0.2) is 18.8 Å². The van der Waals surface area contributed by atoms with Crippen LogP contribution in [0.3, 0.4) is 0 Å². The second-order valence-corrected chi connectivity index (χ2v) is 18.2. The van der Waals surface area contributed by atoms with Crippen molar-refractivity contribution >= 4 is 24.2 Å². The Bertz CT molecular complexity index is 1000. The van der Waals surface area contributed by atoms with Crippen molar-refractivity contribution in [3.8, 4) is 5.88 Å². The Labute approximate surface area is 187 Å². The molecule has 1 saturated carbocycles. The van der Waals surface area contributed by atoms with Crippen molar-refractivity contribution in [1.82, 2.24) is 14.7 Å². The Morgan fingerprint density at radius 1 is 1.39 bits per heavy atom. The van der Waals surface area contributed by atoms with Crippen molar-refractivity contribution in [3.63, 3.8) is 0 Å². The molecule has 11 heteroatoms. The zero-order valence-corrected chi connectivity index (χ0v) is 22.0. The molecule has 0 radical (unpaired) electrons. The fourth-order valence-corrected chi connectivity index (χ4v) is 8.37. The van der Waals surface area contributed by atoms with E-state index in [0.29, 0.717) is 17.3 Å². The predicted molar refractivity (Wildman–Crippen MR) is 123 cm³/mol. The van der Waals surface area contributed by atoms with Gasteiger partial charge in [-0.1, -0.05) is 20.8 Å². The molecule has 0 spiro atoms. The van der Waals surface area contributed by atoms with Crippen molar-refractivity contribution in [2.75, 3.05) is 13.7 Å². The Morgan fingerprint density at radius 2 is 2.00 bits per heavy atom. The highest BCUT2D eigenvalue weighted by atomic mass is 32.2. The molecule has 2 aliphatic rings. The van der Waals surface area contributed by atoms with Crippen LogP contribution in [0.2, 0.25) is 18.1 Å². The molecule has 176 valence electrons. The van der Waals surface area contributed by atoms with Crippen LogP contribution in [0.5, 0.6) is 5.88 Å². The van der Waals surface area contributed by atoms with Crippen LogP contribution in [0, 0.1) is 5.92 Å². The second kappa shape index (κ2) is 7.21. The van der Waals surface area contributed by atoms with Crippen molar-refractivity contribution in [2.24, 2.45) is 15.1 Å². The van der Waals surface area contributed by atoms with Crippen LogP contribution in [-0.2, 0) is 21.2 Å². The number of fused-ring (bicyclic) bond motifs is 2. The van der Waals surface area contributed by atoms with Gasteiger partial charge in [-0.3, -0.25) is 4.03 Å². The topological polar surface area (TPSA) is 112 Å². The van der Waals surface area contributed by atoms with Gasteiger partial charge >= 0.3 is 6.09 Å². The monoisotopic (exact) mass is 471 g/mol. The van der Waals surface area contributed by atoms with E-state index in [1.54, 1.807) is 16.6 Å². The molecule has 0 aromatic carbocycles. The largest absolute Gasteiger partial charge is 0.474 e. The van der Waals surface area contributed by atoms with E-state index >= 15 is 0 Å². The first-order valence-corrected chi connectivity index (χ1v) is 15.1. The number of hydrogen-bond donors (Lipinski definition) is 1. The minimum Gasteiger partial charge on any atom is -0.474 e. The molecule has 1 aromatic rings. The molecule has 3 atom stereocenters. The zero-order chi connectivity index (χ0) is 23.6. The second-order valence-electron chi connectivity index (χ2n) is 11.3. The van der Waals surface area contributed by atoms with Gasteiger partial charge < -0.3 is 14.4 Å². The summed E-state index contributed by atoms with van der Waals surface area (Å²) in [6.07, 6.45) is 1.93. The van der Waals surface area contributed by atoms with Crippen LogP contribution in [0.1, 0.15) is 48.0 Å². The van der Waals surface area contributed by atoms with Crippen molar-refractivity contribution in [3.05, 3.63) is 6.20 Å². The van der Waals surface area contributed by atoms with Gasteiger partial charge in [0.15, 0.2) is 8.24 Å². The molecule has 1 aromatic heterocycles. The van der Waals surface area contributed by atoms with Crippen LogP contribution in [0.25, 0.3) is 0 Å². The van der Waals surface area contributed by atoms with E-state index < -0.39 is 29.3 Å². The summed E-state index contributed by atoms with van der Waals surface area (Å²) in [5, 5.41) is 10.6. The number of amides is 1. The molecule has 2 heterocycles. The predicted octanol–water partition coefficient (Wildman–Crippen LogP) is 3.61. The minimum atomic E-state index is -3.18. The third-order valence-corrected chi connectivity index (χ3v) is 14.2. The third kappa shape index (κ3) is 4.49. The fraction of sp³-hybridized carbons (Fsp3) is 0.800. The highest BCUT2D eigenvalue weighted by molar-refractivity contribution is 7.92. The molecule has 1 amide bonds. The van der Waals surface area contributed by atoms with E-state index in [9.17, 15) is 9.00 Å². The molecule has 3 rings (SSSR count). The average molecular weight is 472 g/mol. The maximum atomic E-state index is 13.5. The zero-order valence-electron chi connectivity index (χ0n) is 20.2. The Balaban J connectivity index is 1.88. The van der Waals surface area contributed by atoms with E-state index in [2.05, 4.69) is 43.0 Å². The highest BCUT2D eigenvalue weighted by Gasteiger charge is 2.61. The average Bonchev–Trinajstić information content (AvgIpc) is 3.14. The molecule has 1 aliphatic carbocycles. The number of carbonyl (C=O) groups excluding carboxylic acids is 1. The summed E-state index contributed by atoms with van der Waals surface area (Å²) in [5.74, 6) is 0.560.